The van der Waals surface area contributed by atoms with Crippen molar-refractivity contribution in [2.75, 3.05) is 0 Å². The third kappa shape index (κ3) is 5.90. The molecule has 2 radical (unpaired) electrons. The Morgan fingerprint density at radius 2 is 2.18 bits per heavy atom. The van der Waals surface area contributed by atoms with Gasteiger partial charge in [0.2, 0.25) is 0 Å². The minimum atomic E-state index is 0.513. The molecule has 0 aromatic heterocycles. The van der Waals surface area contributed by atoms with Crippen LogP contribution in [-0.2, 0) is 0 Å². The molecular formula is C11H18. The highest BCUT2D eigenvalue weighted by molar-refractivity contribution is 5.13. The van der Waals surface area contributed by atoms with Crippen LogP contribution in [0.15, 0.2) is 23.8 Å². The molecule has 0 heteroatoms. The van der Waals surface area contributed by atoms with Crippen LogP contribution in [0.25, 0.3) is 0 Å². The van der Waals surface area contributed by atoms with E-state index in [4.69, 9.17) is 0 Å². The van der Waals surface area contributed by atoms with Gasteiger partial charge in [-0.25, -0.2) is 0 Å². The Morgan fingerprint density at radius 3 is 2.55 bits per heavy atom. The van der Waals surface area contributed by atoms with Gasteiger partial charge >= 0.3 is 0 Å². The van der Waals surface area contributed by atoms with Gasteiger partial charge in [-0.15, -0.1) is 0 Å². The highest BCUT2D eigenvalue weighted by Crippen LogP contribution is 2.13. The standard InChI is InChI=1S/C11H18/c1-5-7-8-11(6-2)9-10(3)4/h5,7-8,10H,1,3,6,9H2,2,4H3/b7-5+,11-8+. The fourth-order valence-electron chi connectivity index (χ4n) is 0.982. The number of allylic oxidation sites excluding steroid dienone is 4. The Labute approximate surface area is 71.0 Å². The molecule has 0 aliphatic carbocycles. The summed E-state index contributed by atoms with van der Waals surface area (Å²) in [6.07, 6.45) is 8.14. The van der Waals surface area contributed by atoms with Crippen molar-refractivity contribution in [3.05, 3.63) is 37.6 Å². The highest BCUT2D eigenvalue weighted by atomic mass is 14.0. The molecule has 0 heterocycles. The second-order valence-electron chi connectivity index (χ2n) is 2.92. The van der Waals surface area contributed by atoms with Crippen molar-refractivity contribution in [2.45, 2.75) is 26.7 Å². The molecule has 1 unspecified atom stereocenters. The first-order valence-electron chi connectivity index (χ1n) is 4.17. The monoisotopic (exact) mass is 150 g/mol. The lowest BCUT2D eigenvalue weighted by Crippen LogP contribution is -1.90. The first-order valence-corrected chi connectivity index (χ1v) is 4.17. The molecule has 0 bridgehead atoms. The topological polar surface area (TPSA) is 0 Å². The maximum absolute atomic E-state index is 3.95. The Hall–Kier alpha value is -0.520. The number of hydrogen-bond acceptors (Lipinski definition) is 0. The first kappa shape index (κ1) is 10.5. The summed E-state index contributed by atoms with van der Waals surface area (Å²) < 4.78 is 0. The molecule has 0 aromatic carbocycles. The lowest BCUT2D eigenvalue weighted by molar-refractivity contribution is 0.695. The van der Waals surface area contributed by atoms with Crippen LogP contribution < -0.4 is 0 Å². The average molecular weight is 150 g/mol. The summed E-state index contributed by atoms with van der Waals surface area (Å²) in [5.41, 5.74) is 1.45. The summed E-state index contributed by atoms with van der Waals surface area (Å²) in [5, 5.41) is 0. The van der Waals surface area contributed by atoms with Crippen molar-refractivity contribution < 1.29 is 0 Å². The van der Waals surface area contributed by atoms with Crippen LogP contribution >= 0.6 is 0 Å². The molecule has 62 valence electrons. The summed E-state index contributed by atoms with van der Waals surface area (Å²) in [7, 11) is 0. The van der Waals surface area contributed by atoms with E-state index in [9.17, 15) is 0 Å². The van der Waals surface area contributed by atoms with Gasteiger partial charge in [-0.1, -0.05) is 44.6 Å². The lowest BCUT2D eigenvalue weighted by Gasteiger charge is -2.05. The SMILES string of the molecule is [CH2]/C=C/C=C(\CC)CC([CH2])C. The predicted molar refractivity (Wildman–Crippen MR) is 52.0 cm³/mol. The van der Waals surface area contributed by atoms with Gasteiger partial charge < -0.3 is 0 Å². The van der Waals surface area contributed by atoms with E-state index in [1.165, 1.54) is 5.57 Å². The summed E-state index contributed by atoms with van der Waals surface area (Å²) in [6.45, 7) is 11.9. The molecule has 11 heavy (non-hydrogen) atoms. The van der Waals surface area contributed by atoms with Gasteiger partial charge in [-0.2, -0.15) is 0 Å². The van der Waals surface area contributed by atoms with E-state index in [1.54, 1.807) is 0 Å². The van der Waals surface area contributed by atoms with Gasteiger partial charge in [0.15, 0.2) is 0 Å². The first-order chi connectivity index (χ1) is 5.20. The molecule has 0 aliphatic rings. The zero-order chi connectivity index (χ0) is 8.69. The van der Waals surface area contributed by atoms with Gasteiger partial charge in [0.05, 0.1) is 0 Å². The van der Waals surface area contributed by atoms with E-state index in [-0.39, 0.29) is 0 Å². The lowest BCUT2D eigenvalue weighted by atomic mass is 10.0. The molecule has 0 spiro atoms. The van der Waals surface area contributed by atoms with Gasteiger partial charge in [-0.05, 0) is 25.7 Å². The van der Waals surface area contributed by atoms with E-state index in [2.05, 4.69) is 33.8 Å². The van der Waals surface area contributed by atoms with Crippen LogP contribution in [0.2, 0.25) is 0 Å². The summed E-state index contributed by atoms with van der Waals surface area (Å²) in [4.78, 5) is 0. The summed E-state index contributed by atoms with van der Waals surface area (Å²) in [5.74, 6) is 0.513. The zero-order valence-corrected chi connectivity index (χ0v) is 7.64. The third-order valence-electron chi connectivity index (χ3n) is 1.53. The van der Waals surface area contributed by atoms with Gasteiger partial charge in [-0.3, -0.25) is 0 Å². The van der Waals surface area contributed by atoms with Crippen molar-refractivity contribution >= 4 is 0 Å². The largest absolute Gasteiger partial charge is 0.0842 e. The third-order valence-corrected chi connectivity index (χ3v) is 1.53. The summed E-state index contributed by atoms with van der Waals surface area (Å²) in [6, 6.07) is 0. The second kappa shape index (κ2) is 6.21. The van der Waals surface area contributed by atoms with Crippen molar-refractivity contribution in [3.8, 4) is 0 Å². The van der Waals surface area contributed by atoms with Crippen LogP contribution in [0.3, 0.4) is 0 Å². The maximum atomic E-state index is 3.95. The van der Waals surface area contributed by atoms with E-state index < -0.39 is 0 Å². The Balaban J connectivity index is 3.94. The molecule has 0 N–H and O–H groups in total. The molecule has 0 aliphatic heterocycles. The van der Waals surface area contributed by atoms with Crippen LogP contribution in [0.5, 0.6) is 0 Å². The van der Waals surface area contributed by atoms with E-state index in [0.29, 0.717) is 5.92 Å². The van der Waals surface area contributed by atoms with Gasteiger partial charge in [0.25, 0.3) is 0 Å². The molecule has 0 nitrogen and oxygen atoms in total. The van der Waals surface area contributed by atoms with E-state index in [0.717, 1.165) is 12.8 Å². The van der Waals surface area contributed by atoms with Crippen LogP contribution in [-0.4, -0.2) is 0 Å². The maximum Gasteiger partial charge on any atom is -0.0291 e. The Kier molecular flexibility index (Phi) is 5.91. The highest BCUT2D eigenvalue weighted by Gasteiger charge is 1.96. The Morgan fingerprint density at radius 1 is 1.55 bits per heavy atom. The Bertz CT molecular complexity index is 138. The average Bonchev–Trinajstić information content (AvgIpc) is 1.97. The molecule has 0 fully saturated rings. The molecule has 0 rings (SSSR count). The minimum Gasteiger partial charge on any atom is -0.0842 e. The fraction of sp³-hybridized carbons (Fsp3) is 0.455. The van der Waals surface area contributed by atoms with Crippen LogP contribution in [0, 0.1) is 19.8 Å². The quantitative estimate of drug-likeness (QED) is 0.537. The molecule has 0 saturated heterocycles. The van der Waals surface area contributed by atoms with Crippen molar-refractivity contribution in [1.82, 2.24) is 0 Å². The summed E-state index contributed by atoms with van der Waals surface area (Å²) >= 11 is 0. The van der Waals surface area contributed by atoms with Crippen LogP contribution in [0.4, 0.5) is 0 Å². The molecular weight excluding hydrogens is 132 g/mol. The molecule has 0 aromatic rings. The van der Waals surface area contributed by atoms with E-state index in [1.807, 2.05) is 12.2 Å². The normalized spacial score (nSPS) is 13.4. The number of hydrogen-bond donors (Lipinski definition) is 0. The molecule has 0 amide bonds. The van der Waals surface area contributed by atoms with Gasteiger partial charge in [0, 0.05) is 0 Å². The van der Waals surface area contributed by atoms with Crippen molar-refractivity contribution in [2.24, 2.45) is 5.92 Å². The van der Waals surface area contributed by atoms with E-state index >= 15 is 0 Å². The van der Waals surface area contributed by atoms with Crippen molar-refractivity contribution in [3.63, 3.8) is 0 Å². The van der Waals surface area contributed by atoms with Crippen LogP contribution in [0.1, 0.15) is 26.7 Å². The fourth-order valence-corrected chi connectivity index (χ4v) is 0.982. The number of rotatable bonds is 4. The zero-order valence-electron chi connectivity index (χ0n) is 7.64. The molecule has 1 atom stereocenters. The van der Waals surface area contributed by atoms with Gasteiger partial charge in [0.1, 0.15) is 0 Å². The second-order valence-corrected chi connectivity index (χ2v) is 2.92. The smallest absolute Gasteiger partial charge is 0.0291 e. The van der Waals surface area contributed by atoms with Crippen molar-refractivity contribution in [1.29, 1.82) is 0 Å². The molecule has 0 saturated carbocycles. The minimum absolute atomic E-state index is 0.513. The predicted octanol–water partition coefficient (Wildman–Crippen LogP) is 3.57.